The predicted octanol–water partition coefficient (Wildman–Crippen LogP) is 2.86. The van der Waals surface area contributed by atoms with Crippen LogP contribution in [-0.4, -0.2) is 30.4 Å². The number of ketones is 1. The van der Waals surface area contributed by atoms with Crippen LogP contribution in [-0.2, 0) is 19.1 Å². The second-order valence-electron chi connectivity index (χ2n) is 7.02. The van der Waals surface area contributed by atoms with Gasteiger partial charge in [-0.15, -0.1) is 0 Å². The van der Waals surface area contributed by atoms with E-state index in [1.54, 1.807) is 26.8 Å². The van der Waals surface area contributed by atoms with Crippen molar-refractivity contribution in [3.05, 3.63) is 34.9 Å². The van der Waals surface area contributed by atoms with Crippen molar-refractivity contribution in [3.63, 3.8) is 0 Å². The summed E-state index contributed by atoms with van der Waals surface area (Å²) in [5.41, 5.74) is 1.64. The predicted molar refractivity (Wildman–Crippen MR) is 88.6 cm³/mol. The molecule has 24 heavy (non-hydrogen) atoms. The SMILES string of the molecule is COC(=O)[C@H]1C(=O)OC(C)(C)[C@H]1[C@H](C)C(=O)c1ccc(C)cc1C. The summed E-state index contributed by atoms with van der Waals surface area (Å²) < 4.78 is 10.1. The molecule has 5 heteroatoms. The van der Waals surface area contributed by atoms with Gasteiger partial charge in [0.2, 0.25) is 0 Å². The van der Waals surface area contributed by atoms with Gasteiger partial charge in [-0.05, 0) is 33.3 Å². The monoisotopic (exact) mass is 332 g/mol. The second-order valence-corrected chi connectivity index (χ2v) is 7.02. The molecule has 0 aliphatic carbocycles. The molecule has 0 aromatic heterocycles. The minimum Gasteiger partial charge on any atom is -0.468 e. The lowest BCUT2D eigenvalue weighted by Gasteiger charge is -2.30. The van der Waals surface area contributed by atoms with E-state index in [-0.39, 0.29) is 5.78 Å². The van der Waals surface area contributed by atoms with Gasteiger partial charge >= 0.3 is 11.9 Å². The zero-order valence-corrected chi connectivity index (χ0v) is 15.0. The third-order valence-corrected chi connectivity index (χ3v) is 4.83. The van der Waals surface area contributed by atoms with Crippen LogP contribution in [0, 0.1) is 31.6 Å². The number of carbonyl (C=O) groups is 3. The van der Waals surface area contributed by atoms with E-state index in [2.05, 4.69) is 0 Å². The Kier molecular flexibility index (Phi) is 4.83. The molecule has 1 saturated heterocycles. The minimum atomic E-state index is -1.07. The Balaban J connectivity index is 2.41. The van der Waals surface area contributed by atoms with Gasteiger partial charge < -0.3 is 9.47 Å². The Bertz CT molecular complexity index is 689. The maximum absolute atomic E-state index is 13.0. The van der Waals surface area contributed by atoms with Gasteiger partial charge in [0.25, 0.3) is 0 Å². The van der Waals surface area contributed by atoms with E-state index in [4.69, 9.17) is 9.47 Å². The van der Waals surface area contributed by atoms with Gasteiger partial charge in [0.05, 0.1) is 7.11 Å². The van der Waals surface area contributed by atoms with Gasteiger partial charge in [-0.2, -0.15) is 0 Å². The van der Waals surface area contributed by atoms with Gasteiger partial charge in [0, 0.05) is 17.4 Å². The van der Waals surface area contributed by atoms with Crippen molar-refractivity contribution in [2.45, 2.75) is 40.2 Å². The zero-order valence-electron chi connectivity index (χ0n) is 15.0. The fourth-order valence-corrected chi connectivity index (χ4v) is 3.70. The van der Waals surface area contributed by atoms with Crippen molar-refractivity contribution < 1.29 is 23.9 Å². The number of methoxy groups -OCH3 is 1. The summed E-state index contributed by atoms with van der Waals surface area (Å²) >= 11 is 0. The first-order chi connectivity index (χ1) is 11.1. The van der Waals surface area contributed by atoms with E-state index >= 15 is 0 Å². The van der Waals surface area contributed by atoms with E-state index in [9.17, 15) is 14.4 Å². The van der Waals surface area contributed by atoms with Crippen molar-refractivity contribution >= 4 is 17.7 Å². The van der Waals surface area contributed by atoms with Crippen LogP contribution in [0.3, 0.4) is 0 Å². The van der Waals surface area contributed by atoms with Crippen LogP contribution in [0.1, 0.15) is 42.3 Å². The third-order valence-electron chi connectivity index (χ3n) is 4.83. The molecule has 1 aliphatic rings. The molecule has 1 fully saturated rings. The Labute approximate surface area is 142 Å². The fourth-order valence-electron chi connectivity index (χ4n) is 3.70. The number of rotatable bonds is 4. The number of hydrogen-bond donors (Lipinski definition) is 0. The Hall–Kier alpha value is -2.17. The van der Waals surface area contributed by atoms with Gasteiger partial charge in [-0.1, -0.05) is 30.7 Å². The number of ether oxygens (including phenoxy) is 2. The quantitative estimate of drug-likeness (QED) is 0.482. The first-order valence-corrected chi connectivity index (χ1v) is 8.02. The molecule has 1 aromatic rings. The molecule has 130 valence electrons. The lowest BCUT2D eigenvalue weighted by Crippen LogP contribution is -2.41. The van der Waals surface area contributed by atoms with Crippen LogP contribution in [0.15, 0.2) is 18.2 Å². The summed E-state index contributed by atoms with van der Waals surface area (Å²) in [6.07, 6.45) is 0. The number of hydrogen-bond acceptors (Lipinski definition) is 5. The average molecular weight is 332 g/mol. The molecule has 5 nitrogen and oxygen atoms in total. The molecule has 1 heterocycles. The second kappa shape index (κ2) is 6.38. The number of carbonyl (C=O) groups excluding carboxylic acids is 3. The molecule has 0 N–H and O–H groups in total. The van der Waals surface area contributed by atoms with Crippen LogP contribution >= 0.6 is 0 Å². The van der Waals surface area contributed by atoms with E-state index in [0.29, 0.717) is 5.56 Å². The normalized spacial score (nSPS) is 23.5. The molecule has 0 bridgehead atoms. The van der Waals surface area contributed by atoms with E-state index in [1.807, 2.05) is 26.0 Å². The smallest absolute Gasteiger partial charge is 0.321 e. The number of aryl methyl sites for hydroxylation is 2. The lowest BCUT2D eigenvalue weighted by atomic mass is 9.72. The molecule has 1 aromatic carbocycles. The summed E-state index contributed by atoms with van der Waals surface area (Å²) in [5, 5.41) is 0. The van der Waals surface area contributed by atoms with E-state index in [0.717, 1.165) is 11.1 Å². The number of esters is 2. The Morgan fingerprint density at radius 3 is 2.42 bits per heavy atom. The molecular formula is C19H24O5. The first-order valence-electron chi connectivity index (χ1n) is 8.02. The molecule has 0 radical (unpaired) electrons. The maximum atomic E-state index is 13.0. The first kappa shape index (κ1) is 18.2. The highest BCUT2D eigenvalue weighted by atomic mass is 16.6. The fraction of sp³-hybridized carbons (Fsp3) is 0.526. The standard InChI is InChI=1S/C19H24O5/c1-10-7-8-13(11(2)9-10)16(20)12(3)15-14(17(21)23-6)18(22)24-19(15,4)5/h7-9,12,14-15H,1-6H3/t12-,14-,15-/m0/s1. The van der Waals surface area contributed by atoms with Crippen LogP contribution in [0.4, 0.5) is 0 Å². The summed E-state index contributed by atoms with van der Waals surface area (Å²) in [4.78, 5) is 37.2. The zero-order chi connectivity index (χ0) is 18.2. The average Bonchev–Trinajstić information content (AvgIpc) is 2.73. The molecular weight excluding hydrogens is 308 g/mol. The Morgan fingerprint density at radius 1 is 1.25 bits per heavy atom. The molecule has 1 aliphatic heterocycles. The summed E-state index contributed by atoms with van der Waals surface area (Å²) in [5.74, 6) is -3.59. The number of benzene rings is 1. The molecule has 3 atom stereocenters. The van der Waals surface area contributed by atoms with Crippen molar-refractivity contribution in [2.24, 2.45) is 17.8 Å². The van der Waals surface area contributed by atoms with Crippen molar-refractivity contribution in [3.8, 4) is 0 Å². The maximum Gasteiger partial charge on any atom is 0.321 e. The van der Waals surface area contributed by atoms with Crippen LogP contribution < -0.4 is 0 Å². The highest BCUT2D eigenvalue weighted by Crippen LogP contribution is 2.43. The van der Waals surface area contributed by atoms with Gasteiger partial charge in [-0.25, -0.2) is 0 Å². The highest BCUT2D eigenvalue weighted by Gasteiger charge is 2.57. The topological polar surface area (TPSA) is 69.7 Å². The molecule has 0 spiro atoms. The summed E-state index contributed by atoms with van der Waals surface area (Å²) in [6, 6.07) is 5.62. The number of cyclic esters (lactones) is 1. The van der Waals surface area contributed by atoms with Crippen molar-refractivity contribution in [1.29, 1.82) is 0 Å². The lowest BCUT2D eigenvalue weighted by molar-refractivity contribution is -0.156. The van der Waals surface area contributed by atoms with Crippen molar-refractivity contribution in [1.82, 2.24) is 0 Å². The van der Waals surface area contributed by atoms with E-state index < -0.39 is 35.3 Å². The molecule has 0 saturated carbocycles. The Morgan fingerprint density at radius 2 is 1.88 bits per heavy atom. The minimum absolute atomic E-state index is 0.0993. The largest absolute Gasteiger partial charge is 0.468 e. The molecule has 0 unspecified atom stereocenters. The van der Waals surface area contributed by atoms with Crippen LogP contribution in [0.2, 0.25) is 0 Å². The molecule has 0 amide bonds. The van der Waals surface area contributed by atoms with Gasteiger partial charge in [0.15, 0.2) is 11.7 Å². The van der Waals surface area contributed by atoms with E-state index in [1.165, 1.54) is 7.11 Å². The number of Topliss-reactive ketones (excluding diaryl/α,β-unsaturated/α-hetero) is 1. The van der Waals surface area contributed by atoms with Gasteiger partial charge in [-0.3, -0.25) is 14.4 Å². The highest BCUT2D eigenvalue weighted by molar-refractivity contribution is 6.02. The van der Waals surface area contributed by atoms with Crippen LogP contribution in [0.5, 0.6) is 0 Å². The van der Waals surface area contributed by atoms with Crippen LogP contribution in [0.25, 0.3) is 0 Å². The third kappa shape index (κ3) is 3.07. The summed E-state index contributed by atoms with van der Waals surface area (Å²) in [7, 11) is 1.23. The molecule has 2 rings (SSSR count). The van der Waals surface area contributed by atoms with Gasteiger partial charge in [0.1, 0.15) is 5.60 Å². The van der Waals surface area contributed by atoms with Crippen molar-refractivity contribution in [2.75, 3.05) is 7.11 Å². The summed E-state index contributed by atoms with van der Waals surface area (Å²) in [6.45, 7) is 9.04.